The highest BCUT2D eigenvalue weighted by molar-refractivity contribution is 6.11. The van der Waals surface area contributed by atoms with Crippen LogP contribution in [-0.4, -0.2) is 55.8 Å². The lowest BCUT2D eigenvalue weighted by molar-refractivity contribution is -0.143. The second-order valence-electron chi connectivity index (χ2n) is 9.05. The lowest BCUT2D eigenvalue weighted by Gasteiger charge is -2.29. The van der Waals surface area contributed by atoms with E-state index in [2.05, 4.69) is 15.2 Å². The van der Waals surface area contributed by atoms with E-state index in [0.717, 1.165) is 24.0 Å². The zero-order valence-electron chi connectivity index (χ0n) is 18.8. The molecule has 2 aromatic carbocycles. The van der Waals surface area contributed by atoms with Gasteiger partial charge in [-0.05, 0) is 29.5 Å². The van der Waals surface area contributed by atoms with Crippen LogP contribution in [0.1, 0.15) is 37.1 Å². The van der Waals surface area contributed by atoms with Crippen molar-refractivity contribution in [2.24, 2.45) is 0 Å². The van der Waals surface area contributed by atoms with Crippen molar-refractivity contribution < 1.29 is 14.4 Å². The second kappa shape index (κ2) is 8.40. The summed E-state index contributed by atoms with van der Waals surface area (Å²) in [7, 11) is 1.58. The van der Waals surface area contributed by atoms with Gasteiger partial charge in [0.2, 0.25) is 17.7 Å². The summed E-state index contributed by atoms with van der Waals surface area (Å²) in [5, 5.41) is 6.11. The number of nitrogens with one attached hydrogen (secondary N) is 2. The molecule has 3 aromatic rings. The van der Waals surface area contributed by atoms with Crippen LogP contribution in [0.4, 0.5) is 0 Å². The number of H-pyrrole nitrogens is 2. The number of nitrogens with zero attached hydrogens (tertiary/aromatic N) is 3. The molecule has 0 spiro atoms. The van der Waals surface area contributed by atoms with Gasteiger partial charge in [0.1, 0.15) is 0 Å². The minimum atomic E-state index is -1.25. The Balaban J connectivity index is 1.46. The summed E-state index contributed by atoms with van der Waals surface area (Å²) in [6.45, 7) is 0.0784. The van der Waals surface area contributed by atoms with Crippen LogP contribution in [0.2, 0.25) is 0 Å². The Kier molecular flexibility index (Phi) is 5.39. The van der Waals surface area contributed by atoms with E-state index in [1.165, 1.54) is 9.80 Å². The lowest BCUT2D eigenvalue weighted by Crippen LogP contribution is -2.43. The molecular weight excluding hydrogens is 434 g/mol. The van der Waals surface area contributed by atoms with Crippen LogP contribution in [0.3, 0.4) is 0 Å². The van der Waals surface area contributed by atoms with Crippen molar-refractivity contribution >= 4 is 17.7 Å². The van der Waals surface area contributed by atoms with Crippen LogP contribution in [0.5, 0.6) is 0 Å². The smallest absolute Gasteiger partial charge is 0.338 e. The first-order valence-electron chi connectivity index (χ1n) is 11.3. The van der Waals surface area contributed by atoms with Gasteiger partial charge < -0.3 is 4.90 Å². The molecule has 2 fully saturated rings. The van der Waals surface area contributed by atoms with Crippen molar-refractivity contribution in [1.29, 1.82) is 0 Å². The summed E-state index contributed by atoms with van der Waals surface area (Å²) < 4.78 is 0. The number of hydrogen-bond acceptors (Lipinski definition) is 5. The molecule has 34 heavy (non-hydrogen) atoms. The molecule has 0 radical (unpaired) electrons. The number of aromatic nitrogens is 3. The van der Waals surface area contributed by atoms with Crippen molar-refractivity contribution in [2.45, 2.75) is 43.7 Å². The molecule has 2 N–H and O–H groups in total. The summed E-state index contributed by atoms with van der Waals surface area (Å²) in [5.41, 5.74) is 0.979. The minimum Gasteiger partial charge on any atom is -0.338 e. The van der Waals surface area contributed by atoms with Gasteiger partial charge in [0.15, 0.2) is 5.82 Å². The molecule has 1 saturated heterocycles. The number of carbonyl (C=O) groups is 3. The van der Waals surface area contributed by atoms with E-state index < -0.39 is 11.1 Å². The Morgan fingerprint density at radius 2 is 1.74 bits per heavy atom. The van der Waals surface area contributed by atoms with Crippen LogP contribution in [0, 0.1) is 0 Å². The molecule has 1 saturated carbocycles. The predicted octanol–water partition coefficient (Wildman–Crippen LogP) is 1.97. The molecule has 3 amide bonds. The fourth-order valence-electron chi connectivity index (χ4n) is 4.63. The first-order chi connectivity index (χ1) is 16.4. The van der Waals surface area contributed by atoms with Crippen LogP contribution in [0.25, 0.3) is 11.1 Å². The van der Waals surface area contributed by atoms with Gasteiger partial charge in [-0.15, -0.1) is 0 Å². The predicted molar refractivity (Wildman–Crippen MR) is 123 cm³/mol. The van der Waals surface area contributed by atoms with Crippen molar-refractivity contribution in [1.82, 2.24) is 25.0 Å². The molecule has 5 rings (SSSR count). The summed E-state index contributed by atoms with van der Waals surface area (Å²) in [4.78, 5) is 56.4. The number of hydrogen-bond donors (Lipinski definition) is 2. The number of carbonyl (C=O) groups excluding carboxylic acids is 3. The number of imide groups is 1. The van der Waals surface area contributed by atoms with Gasteiger partial charge in [0, 0.05) is 25.9 Å². The molecule has 2 heterocycles. The molecule has 9 nitrogen and oxygen atoms in total. The van der Waals surface area contributed by atoms with Crippen LogP contribution >= 0.6 is 0 Å². The Morgan fingerprint density at radius 1 is 1.06 bits per heavy atom. The van der Waals surface area contributed by atoms with Crippen molar-refractivity contribution in [3.05, 3.63) is 76.5 Å². The van der Waals surface area contributed by atoms with Crippen LogP contribution < -0.4 is 5.69 Å². The first kappa shape index (κ1) is 21.8. The van der Waals surface area contributed by atoms with E-state index >= 15 is 0 Å². The molecule has 1 atom stereocenters. The molecule has 9 heteroatoms. The average Bonchev–Trinajstić information content (AvgIpc) is 3.53. The summed E-state index contributed by atoms with van der Waals surface area (Å²) in [6.07, 6.45) is 1.43. The number of amides is 3. The third kappa shape index (κ3) is 3.93. The molecule has 1 aliphatic heterocycles. The molecule has 1 aromatic heterocycles. The summed E-state index contributed by atoms with van der Waals surface area (Å²) in [6, 6.07) is 17.3. The lowest BCUT2D eigenvalue weighted by atomic mass is 9.75. The van der Waals surface area contributed by atoms with Crippen molar-refractivity contribution in [2.75, 3.05) is 7.05 Å². The zero-order chi connectivity index (χ0) is 23.9. The monoisotopic (exact) mass is 459 g/mol. The number of likely N-dealkylation sites (tertiary alicyclic amines) is 1. The normalized spacial score (nSPS) is 20.1. The standard InChI is InChI=1S/C25H25N5O4/c1-29(15-20-26-24(34)28-27-20)21(31)13-25(14-22(32)30(23(25)33)19-11-12-19)18-9-7-17(8-10-18)16-5-3-2-4-6-16/h2-10,19H,11-15H2,1H3,(H2,26,27,28,34). The van der Waals surface area contributed by atoms with Gasteiger partial charge in [-0.3, -0.25) is 24.3 Å². The number of aromatic amines is 2. The second-order valence-corrected chi connectivity index (χ2v) is 9.05. The maximum atomic E-state index is 13.7. The first-order valence-corrected chi connectivity index (χ1v) is 11.3. The fourth-order valence-corrected chi connectivity index (χ4v) is 4.63. The Morgan fingerprint density at radius 3 is 2.35 bits per heavy atom. The number of rotatable bonds is 7. The maximum absolute atomic E-state index is 13.7. The third-order valence-corrected chi connectivity index (χ3v) is 6.62. The summed E-state index contributed by atoms with van der Waals surface area (Å²) >= 11 is 0. The van der Waals surface area contributed by atoms with Gasteiger partial charge in [-0.25, -0.2) is 9.89 Å². The molecular formula is C25H25N5O4. The minimum absolute atomic E-state index is 0.0359. The van der Waals surface area contributed by atoms with Gasteiger partial charge in [0.05, 0.1) is 12.0 Å². The maximum Gasteiger partial charge on any atom is 0.340 e. The fraction of sp³-hybridized carbons (Fsp3) is 0.320. The molecule has 174 valence electrons. The van der Waals surface area contributed by atoms with Gasteiger partial charge in [0.25, 0.3) is 0 Å². The Bertz CT molecular complexity index is 1290. The Labute approximate surface area is 195 Å². The highest BCUT2D eigenvalue weighted by Crippen LogP contribution is 2.44. The van der Waals surface area contributed by atoms with Crippen LogP contribution in [-0.2, 0) is 26.3 Å². The molecule has 1 aliphatic carbocycles. The van der Waals surface area contributed by atoms with E-state index in [4.69, 9.17) is 0 Å². The topological polar surface area (TPSA) is 119 Å². The van der Waals surface area contributed by atoms with Crippen molar-refractivity contribution in [3.63, 3.8) is 0 Å². The molecule has 0 bridgehead atoms. The SMILES string of the molecule is CN(Cc1n[nH]c(=O)[nH]1)C(=O)CC1(c2ccc(-c3ccccc3)cc2)CC(=O)N(C2CC2)C1=O. The highest BCUT2D eigenvalue weighted by Gasteiger charge is 2.57. The average molecular weight is 460 g/mol. The zero-order valence-corrected chi connectivity index (χ0v) is 18.8. The van der Waals surface area contributed by atoms with E-state index in [1.807, 2.05) is 54.6 Å². The molecule has 1 unspecified atom stereocenters. The van der Waals surface area contributed by atoms with E-state index in [-0.39, 0.29) is 43.1 Å². The largest absolute Gasteiger partial charge is 0.340 e. The molecule has 2 aliphatic rings. The quantitative estimate of drug-likeness (QED) is 0.524. The van der Waals surface area contributed by atoms with E-state index in [1.54, 1.807) is 7.05 Å². The van der Waals surface area contributed by atoms with Gasteiger partial charge >= 0.3 is 5.69 Å². The highest BCUT2D eigenvalue weighted by atomic mass is 16.2. The Hall–Kier alpha value is -4.01. The summed E-state index contributed by atoms with van der Waals surface area (Å²) in [5.74, 6) is -0.528. The van der Waals surface area contributed by atoms with Crippen molar-refractivity contribution in [3.8, 4) is 11.1 Å². The number of benzene rings is 2. The van der Waals surface area contributed by atoms with Gasteiger partial charge in [-0.2, -0.15) is 5.10 Å². The van der Waals surface area contributed by atoms with E-state index in [0.29, 0.717) is 11.4 Å². The van der Waals surface area contributed by atoms with E-state index in [9.17, 15) is 19.2 Å². The van der Waals surface area contributed by atoms with Gasteiger partial charge in [-0.1, -0.05) is 54.6 Å². The van der Waals surface area contributed by atoms with Crippen LogP contribution in [0.15, 0.2) is 59.4 Å². The third-order valence-electron chi connectivity index (χ3n) is 6.62.